The van der Waals surface area contributed by atoms with E-state index < -0.39 is 5.54 Å². The molecular formula is C28H27FN4O2S. The van der Waals surface area contributed by atoms with Crippen molar-refractivity contribution in [3.63, 3.8) is 0 Å². The van der Waals surface area contributed by atoms with E-state index in [0.29, 0.717) is 23.0 Å². The van der Waals surface area contributed by atoms with Crippen LogP contribution in [0.4, 0.5) is 10.1 Å². The maximum atomic E-state index is 13.9. The minimum absolute atomic E-state index is 0.195. The van der Waals surface area contributed by atoms with E-state index in [2.05, 4.69) is 24.3 Å². The number of carbonyl (C=O) groups is 2. The van der Waals surface area contributed by atoms with Crippen LogP contribution < -0.4 is 10.2 Å². The number of anilines is 1. The van der Waals surface area contributed by atoms with Crippen LogP contribution in [0.15, 0.2) is 72.1 Å². The minimum atomic E-state index is -1.23. The zero-order chi connectivity index (χ0) is 25.4. The van der Waals surface area contributed by atoms with Crippen LogP contribution in [-0.2, 0) is 17.9 Å². The molecule has 0 fully saturated rings. The van der Waals surface area contributed by atoms with Gasteiger partial charge < -0.3 is 5.32 Å². The first-order valence-corrected chi connectivity index (χ1v) is 12.7. The van der Waals surface area contributed by atoms with Crippen LogP contribution in [0.1, 0.15) is 48.3 Å². The number of nitrogens with one attached hydrogen (secondary N) is 1. The molecule has 1 aliphatic heterocycles. The van der Waals surface area contributed by atoms with Crippen molar-refractivity contribution >= 4 is 28.8 Å². The Labute approximate surface area is 213 Å². The Morgan fingerprint density at radius 1 is 1.14 bits per heavy atom. The molecule has 0 saturated heterocycles. The van der Waals surface area contributed by atoms with Crippen LogP contribution in [-0.4, -0.2) is 27.1 Å². The summed E-state index contributed by atoms with van der Waals surface area (Å²) >= 11 is 1.55. The van der Waals surface area contributed by atoms with Crippen molar-refractivity contribution in [2.45, 2.75) is 45.3 Å². The molecular weight excluding hydrogens is 475 g/mol. The first-order valence-electron chi connectivity index (χ1n) is 11.9. The van der Waals surface area contributed by atoms with Crippen LogP contribution in [0.2, 0.25) is 0 Å². The van der Waals surface area contributed by atoms with Crippen LogP contribution in [0.3, 0.4) is 0 Å². The molecule has 4 aromatic rings. The fourth-order valence-electron chi connectivity index (χ4n) is 4.51. The molecule has 0 bridgehead atoms. The summed E-state index contributed by atoms with van der Waals surface area (Å²) in [6, 6.07) is 19.4. The summed E-state index contributed by atoms with van der Waals surface area (Å²) in [5, 5.41) is 9.59. The molecule has 5 rings (SSSR count). The Morgan fingerprint density at radius 2 is 1.86 bits per heavy atom. The minimum Gasteiger partial charge on any atom is -0.350 e. The molecule has 1 N–H and O–H groups in total. The number of hydrogen-bond donors (Lipinski definition) is 1. The van der Waals surface area contributed by atoms with Gasteiger partial charge in [0.05, 0.1) is 11.4 Å². The summed E-state index contributed by atoms with van der Waals surface area (Å²) in [7, 11) is 0. The lowest BCUT2D eigenvalue weighted by molar-refractivity contribution is -0.126. The second kappa shape index (κ2) is 9.35. The van der Waals surface area contributed by atoms with Crippen molar-refractivity contribution in [3.05, 3.63) is 94.7 Å². The van der Waals surface area contributed by atoms with Crippen LogP contribution >= 0.6 is 11.3 Å². The highest BCUT2D eigenvalue weighted by Crippen LogP contribution is 2.35. The van der Waals surface area contributed by atoms with Crippen LogP contribution in [0.25, 0.3) is 10.6 Å². The first-order chi connectivity index (χ1) is 17.3. The Morgan fingerprint density at radius 3 is 2.50 bits per heavy atom. The number of thiophene rings is 1. The standard InChI is InChI=1S/C28H27FN4O2S/c1-18(2)20-8-12-22(13-9-20)33-26(34)24-15-23(25-5-4-14-36-25)31-32(24)17-28(33,3)27(35)30-16-19-6-10-21(29)11-7-19/h4-15,18H,16-17H2,1-3H3,(H,30,35). The molecule has 8 heteroatoms. The van der Waals surface area contributed by atoms with Gasteiger partial charge in [-0.2, -0.15) is 5.10 Å². The van der Waals surface area contributed by atoms with E-state index in [0.717, 1.165) is 16.0 Å². The molecule has 2 aromatic carbocycles. The van der Waals surface area contributed by atoms with Crippen molar-refractivity contribution in [2.24, 2.45) is 0 Å². The van der Waals surface area contributed by atoms with Gasteiger partial charge in [-0.1, -0.05) is 44.2 Å². The Bertz CT molecular complexity index is 1390. The normalized spacial score (nSPS) is 17.4. The highest BCUT2D eigenvalue weighted by Gasteiger charge is 2.48. The van der Waals surface area contributed by atoms with Gasteiger partial charge in [0.25, 0.3) is 5.91 Å². The third-order valence-corrected chi connectivity index (χ3v) is 7.49. The van der Waals surface area contributed by atoms with Gasteiger partial charge in [-0.15, -0.1) is 11.3 Å². The molecule has 6 nitrogen and oxygen atoms in total. The van der Waals surface area contributed by atoms with Crippen molar-refractivity contribution in [2.75, 3.05) is 4.90 Å². The number of rotatable bonds is 6. The summed E-state index contributed by atoms with van der Waals surface area (Å²) in [6.07, 6.45) is 0. The zero-order valence-corrected chi connectivity index (χ0v) is 21.2. The first kappa shape index (κ1) is 23.9. The fourth-order valence-corrected chi connectivity index (χ4v) is 5.20. The second-order valence-electron chi connectivity index (χ2n) is 9.52. The number of aromatic nitrogens is 2. The van der Waals surface area contributed by atoms with Gasteiger partial charge in [0.15, 0.2) is 0 Å². The predicted molar refractivity (Wildman–Crippen MR) is 140 cm³/mol. The van der Waals surface area contributed by atoms with E-state index in [9.17, 15) is 14.0 Å². The van der Waals surface area contributed by atoms with Crippen molar-refractivity contribution < 1.29 is 14.0 Å². The lowest BCUT2D eigenvalue weighted by atomic mass is 9.93. The number of nitrogens with zero attached hydrogens (tertiary/aromatic N) is 3. The highest BCUT2D eigenvalue weighted by molar-refractivity contribution is 7.13. The lowest BCUT2D eigenvalue weighted by Gasteiger charge is -2.43. The number of carbonyl (C=O) groups excluding carboxylic acids is 2. The molecule has 1 unspecified atom stereocenters. The predicted octanol–water partition coefficient (Wildman–Crippen LogP) is 5.61. The number of fused-ring (bicyclic) bond motifs is 1. The quantitative estimate of drug-likeness (QED) is 0.373. The van der Waals surface area contributed by atoms with Gasteiger partial charge in [0.2, 0.25) is 5.91 Å². The Hall–Kier alpha value is -3.78. The summed E-state index contributed by atoms with van der Waals surface area (Å²) in [6.45, 7) is 6.39. The molecule has 0 spiro atoms. The van der Waals surface area contributed by atoms with Crippen molar-refractivity contribution in [3.8, 4) is 10.6 Å². The topological polar surface area (TPSA) is 67.2 Å². The molecule has 0 aliphatic carbocycles. The number of hydrogen-bond acceptors (Lipinski definition) is 4. The summed E-state index contributed by atoms with van der Waals surface area (Å²) in [4.78, 5) is 30.1. The summed E-state index contributed by atoms with van der Waals surface area (Å²) < 4.78 is 14.9. The number of amides is 2. The lowest BCUT2D eigenvalue weighted by Crippen LogP contribution is -2.64. The molecule has 1 aliphatic rings. The Kier molecular flexibility index (Phi) is 6.22. The van der Waals surface area contributed by atoms with Crippen LogP contribution in [0, 0.1) is 5.82 Å². The summed E-state index contributed by atoms with van der Waals surface area (Å²) in [5.41, 5.74) is 2.48. The maximum Gasteiger partial charge on any atom is 0.277 e. The van der Waals surface area contributed by atoms with E-state index in [4.69, 9.17) is 0 Å². The smallest absolute Gasteiger partial charge is 0.277 e. The number of benzene rings is 2. The van der Waals surface area contributed by atoms with Gasteiger partial charge in [0.1, 0.15) is 22.7 Å². The average molecular weight is 503 g/mol. The summed E-state index contributed by atoms with van der Waals surface area (Å²) in [5.74, 6) is -0.588. The van der Waals surface area contributed by atoms with Gasteiger partial charge in [-0.3, -0.25) is 19.2 Å². The van der Waals surface area contributed by atoms with E-state index >= 15 is 0 Å². The molecule has 3 heterocycles. The Balaban J connectivity index is 1.52. The molecule has 0 radical (unpaired) electrons. The van der Waals surface area contributed by atoms with E-state index in [1.807, 2.05) is 41.8 Å². The maximum absolute atomic E-state index is 13.9. The molecule has 1 atom stereocenters. The van der Waals surface area contributed by atoms with Crippen molar-refractivity contribution in [1.82, 2.24) is 15.1 Å². The third kappa shape index (κ3) is 4.33. The van der Waals surface area contributed by atoms with Gasteiger partial charge in [-0.25, -0.2) is 4.39 Å². The number of halogens is 1. The van der Waals surface area contributed by atoms with Gasteiger partial charge >= 0.3 is 0 Å². The van der Waals surface area contributed by atoms with Gasteiger partial charge in [-0.05, 0) is 65.7 Å². The fraction of sp³-hybridized carbons (Fsp3) is 0.250. The molecule has 0 saturated carbocycles. The molecule has 2 aromatic heterocycles. The van der Waals surface area contributed by atoms with Crippen molar-refractivity contribution in [1.29, 1.82) is 0 Å². The molecule has 36 heavy (non-hydrogen) atoms. The third-order valence-electron chi connectivity index (χ3n) is 6.60. The highest BCUT2D eigenvalue weighted by atomic mass is 32.1. The SMILES string of the molecule is CC(C)c1ccc(N2C(=O)c3cc(-c4cccs4)nn3CC2(C)C(=O)NCc2ccc(F)cc2)cc1. The van der Waals surface area contributed by atoms with E-state index in [1.54, 1.807) is 46.0 Å². The largest absolute Gasteiger partial charge is 0.350 e. The van der Waals surface area contributed by atoms with Crippen LogP contribution in [0.5, 0.6) is 0 Å². The van der Waals surface area contributed by atoms with Gasteiger partial charge in [0, 0.05) is 12.2 Å². The molecule has 2 amide bonds. The monoisotopic (exact) mass is 502 g/mol. The average Bonchev–Trinajstić information content (AvgIpc) is 3.54. The molecule has 184 valence electrons. The second-order valence-corrected chi connectivity index (χ2v) is 10.5. The van der Waals surface area contributed by atoms with E-state index in [-0.39, 0.29) is 30.7 Å². The zero-order valence-electron chi connectivity index (χ0n) is 20.4. The van der Waals surface area contributed by atoms with E-state index in [1.165, 1.54) is 12.1 Å².